The molecule has 0 saturated carbocycles. The number of nitrogens with zero attached hydrogens (tertiary/aromatic N) is 6. The van der Waals surface area contributed by atoms with Crippen LogP contribution in [0.1, 0.15) is 36.3 Å². The fraction of sp³-hybridized carbons (Fsp3) is 0.500. The van der Waals surface area contributed by atoms with Crippen molar-refractivity contribution in [2.24, 2.45) is 7.05 Å². The second-order valence-corrected chi connectivity index (χ2v) is 7.71. The Kier molecular flexibility index (Phi) is 3.55. The van der Waals surface area contributed by atoms with Gasteiger partial charge in [0, 0.05) is 25.2 Å². The summed E-state index contributed by atoms with van der Waals surface area (Å²) in [5, 5.41) is 4.65. The summed E-state index contributed by atoms with van der Waals surface area (Å²) in [5.74, 6) is 1.02. The van der Waals surface area contributed by atoms with E-state index >= 15 is 0 Å². The SMILES string of the molecule is Cn1ncc2c(=O)[nH]c(CN3CCCC4(CCc5cnc(N)nc54)C3)nc21. The summed E-state index contributed by atoms with van der Waals surface area (Å²) < 4.78 is 1.64. The van der Waals surface area contributed by atoms with E-state index in [9.17, 15) is 4.79 Å². The minimum absolute atomic E-state index is 0.0293. The number of aromatic nitrogens is 6. The fourth-order valence-electron chi connectivity index (χ4n) is 4.68. The molecular formula is C18H22N8O. The molecule has 2 aliphatic rings. The number of H-pyrrole nitrogens is 1. The second-order valence-electron chi connectivity index (χ2n) is 7.71. The normalized spacial score (nSPS) is 22.6. The Morgan fingerprint density at radius 2 is 2.19 bits per heavy atom. The number of nitrogens with two attached hydrogens (primary N) is 1. The molecule has 0 bridgehead atoms. The van der Waals surface area contributed by atoms with Gasteiger partial charge >= 0.3 is 0 Å². The number of hydrogen-bond donors (Lipinski definition) is 2. The first-order chi connectivity index (χ1) is 13.0. The Morgan fingerprint density at radius 3 is 3.07 bits per heavy atom. The summed E-state index contributed by atoms with van der Waals surface area (Å²) >= 11 is 0. The van der Waals surface area contributed by atoms with Gasteiger partial charge in [-0.1, -0.05) is 0 Å². The summed E-state index contributed by atoms with van der Waals surface area (Å²) in [6.45, 7) is 2.47. The minimum atomic E-state index is -0.137. The van der Waals surface area contributed by atoms with Crippen LogP contribution in [0.3, 0.4) is 0 Å². The molecule has 27 heavy (non-hydrogen) atoms. The van der Waals surface area contributed by atoms with Crippen molar-refractivity contribution >= 4 is 17.0 Å². The van der Waals surface area contributed by atoms with Crippen LogP contribution in [0.15, 0.2) is 17.2 Å². The van der Waals surface area contributed by atoms with Crippen molar-refractivity contribution in [1.29, 1.82) is 0 Å². The zero-order chi connectivity index (χ0) is 18.6. The topological polar surface area (TPSA) is 119 Å². The van der Waals surface area contributed by atoms with Crippen LogP contribution in [0.4, 0.5) is 5.95 Å². The van der Waals surface area contributed by atoms with Crippen LogP contribution in [-0.4, -0.2) is 47.7 Å². The van der Waals surface area contributed by atoms with Crippen molar-refractivity contribution in [2.75, 3.05) is 18.8 Å². The third kappa shape index (κ3) is 2.61. The molecule has 1 aliphatic carbocycles. The fourth-order valence-corrected chi connectivity index (χ4v) is 4.68. The molecule has 3 aromatic rings. The molecule has 3 N–H and O–H groups in total. The maximum absolute atomic E-state index is 12.3. The molecule has 5 rings (SSSR count). The molecule has 1 unspecified atom stereocenters. The zero-order valence-corrected chi connectivity index (χ0v) is 15.3. The average Bonchev–Trinajstić information content (AvgIpc) is 3.17. The van der Waals surface area contributed by atoms with Crippen LogP contribution in [-0.2, 0) is 25.4 Å². The lowest BCUT2D eigenvalue weighted by Crippen LogP contribution is -2.45. The third-order valence-electron chi connectivity index (χ3n) is 5.94. The molecule has 1 atom stereocenters. The highest BCUT2D eigenvalue weighted by Crippen LogP contribution is 2.44. The smallest absolute Gasteiger partial charge is 0.262 e. The summed E-state index contributed by atoms with van der Waals surface area (Å²) in [7, 11) is 1.80. The molecule has 1 saturated heterocycles. The molecule has 1 fully saturated rings. The zero-order valence-electron chi connectivity index (χ0n) is 15.3. The van der Waals surface area contributed by atoms with Gasteiger partial charge in [-0.25, -0.2) is 15.0 Å². The highest BCUT2D eigenvalue weighted by Gasteiger charge is 2.43. The lowest BCUT2D eigenvalue weighted by Gasteiger charge is -2.40. The van der Waals surface area contributed by atoms with E-state index in [1.54, 1.807) is 17.9 Å². The van der Waals surface area contributed by atoms with Gasteiger partial charge in [-0.05, 0) is 37.8 Å². The molecule has 0 radical (unpaired) electrons. The van der Waals surface area contributed by atoms with Crippen LogP contribution in [0, 0.1) is 0 Å². The van der Waals surface area contributed by atoms with E-state index in [4.69, 9.17) is 5.73 Å². The van der Waals surface area contributed by atoms with Crippen molar-refractivity contribution in [1.82, 2.24) is 34.6 Å². The van der Waals surface area contributed by atoms with Gasteiger partial charge in [0.25, 0.3) is 5.56 Å². The predicted octanol–water partition coefficient (Wildman–Crippen LogP) is 0.509. The van der Waals surface area contributed by atoms with Crippen LogP contribution < -0.4 is 11.3 Å². The van der Waals surface area contributed by atoms with Crippen LogP contribution in [0.25, 0.3) is 11.0 Å². The molecule has 4 heterocycles. The number of fused-ring (bicyclic) bond motifs is 3. The van der Waals surface area contributed by atoms with Gasteiger partial charge in [0.1, 0.15) is 11.2 Å². The molecule has 140 valence electrons. The second kappa shape index (κ2) is 5.85. The summed E-state index contributed by atoms with van der Waals surface area (Å²) in [4.78, 5) is 30.9. The summed E-state index contributed by atoms with van der Waals surface area (Å²) in [6, 6.07) is 0. The first-order valence-corrected chi connectivity index (χ1v) is 9.29. The molecule has 0 amide bonds. The lowest BCUT2D eigenvalue weighted by molar-refractivity contribution is 0.134. The Labute approximate surface area is 155 Å². The van der Waals surface area contributed by atoms with Crippen LogP contribution >= 0.6 is 0 Å². The number of aromatic amines is 1. The monoisotopic (exact) mass is 366 g/mol. The molecule has 3 aromatic heterocycles. The van der Waals surface area contributed by atoms with Crippen molar-refractivity contribution in [2.45, 2.75) is 37.6 Å². The first-order valence-electron chi connectivity index (χ1n) is 9.29. The minimum Gasteiger partial charge on any atom is -0.368 e. The van der Waals surface area contributed by atoms with E-state index in [1.165, 1.54) is 5.56 Å². The number of aryl methyl sites for hydroxylation is 2. The number of anilines is 1. The Morgan fingerprint density at radius 1 is 1.30 bits per heavy atom. The van der Waals surface area contributed by atoms with E-state index in [0.717, 1.165) is 44.5 Å². The van der Waals surface area contributed by atoms with E-state index in [-0.39, 0.29) is 11.0 Å². The van der Waals surface area contributed by atoms with Gasteiger partial charge in [-0.15, -0.1) is 0 Å². The maximum Gasteiger partial charge on any atom is 0.262 e. The van der Waals surface area contributed by atoms with Gasteiger partial charge in [0.15, 0.2) is 5.65 Å². The number of nitrogen functional groups attached to an aromatic ring is 1. The van der Waals surface area contributed by atoms with E-state index in [2.05, 4.69) is 29.9 Å². The molecule has 9 heteroatoms. The van der Waals surface area contributed by atoms with Gasteiger partial charge in [-0.3, -0.25) is 14.4 Å². The van der Waals surface area contributed by atoms with Gasteiger partial charge in [-0.2, -0.15) is 5.10 Å². The highest BCUT2D eigenvalue weighted by atomic mass is 16.1. The van der Waals surface area contributed by atoms with Gasteiger partial charge in [0.2, 0.25) is 5.95 Å². The highest BCUT2D eigenvalue weighted by molar-refractivity contribution is 5.72. The first kappa shape index (κ1) is 16.4. The summed E-state index contributed by atoms with van der Waals surface area (Å²) in [5.41, 5.74) is 8.70. The average molecular weight is 366 g/mol. The number of rotatable bonds is 2. The van der Waals surface area contributed by atoms with Gasteiger partial charge in [0.05, 0.1) is 18.4 Å². The number of nitrogens with one attached hydrogen (secondary N) is 1. The number of hydrogen-bond acceptors (Lipinski definition) is 7. The van der Waals surface area contributed by atoms with Crippen LogP contribution in [0.2, 0.25) is 0 Å². The molecule has 1 spiro atoms. The largest absolute Gasteiger partial charge is 0.368 e. The van der Waals surface area contributed by atoms with Gasteiger partial charge < -0.3 is 10.7 Å². The third-order valence-corrected chi connectivity index (χ3v) is 5.94. The quantitative estimate of drug-likeness (QED) is 0.678. The van der Waals surface area contributed by atoms with Crippen molar-refractivity contribution in [3.8, 4) is 0 Å². The molecule has 1 aliphatic heterocycles. The number of piperidine rings is 1. The molecule has 0 aromatic carbocycles. The standard InChI is InChI=1S/C18H22N8O/c1-25-15-12(8-21-25)16(27)23-13(22-15)9-26-6-2-4-18(10-26)5-3-11-7-20-17(19)24-14(11)18/h7-8H,2-6,9-10H2,1H3,(H2,19,20,24)(H,22,23,27). The Bertz CT molecular complexity index is 1080. The Balaban J connectivity index is 1.44. The predicted molar refractivity (Wildman–Crippen MR) is 100 cm³/mol. The van der Waals surface area contributed by atoms with E-state index in [1.807, 2.05) is 6.20 Å². The summed E-state index contributed by atoms with van der Waals surface area (Å²) in [6.07, 6.45) is 7.70. The Hall–Kier alpha value is -2.81. The van der Waals surface area contributed by atoms with Crippen molar-refractivity contribution < 1.29 is 0 Å². The maximum atomic E-state index is 12.3. The van der Waals surface area contributed by atoms with E-state index < -0.39 is 0 Å². The van der Waals surface area contributed by atoms with E-state index in [0.29, 0.717) is 29.4 Å². The van der Waals surface area contributed by atoms with Crippen LogP contribution in [0.5, 0.6) is 0 Å². The van der Waals surface area contributed by atoms with Crippen molar-refractivity contribution in [3.63, 3.8) is 0 Å². The number of likely N-dealkylation sites (tertiary alicyclic amines) is 1. The molecule has 9 nitrogen and oxygen atoms in total. The molecular weight excluding hydrogens is 344 g/mol. The lowest BCUT2D eigenvalue weighted by atomic mass is 9.77. The van der Waals surface area contributed by atoms with Crippen molar-refractivity contribution in [3.05, 3.63) is 39.8 Å².